The predicted octanol–water partition coefficient (Wildman–Crippen LogP) is 2.35. The fourth-order valence-corrected chi connectivity index (χ4v) is 3.39. The van der Waals surface area contributed by atoms with Crippen LogP contribution < -0.4 is 0 Å². The molecule has 4 heterocycles. The van der Waals surface area contributed by atoms with Gasteiger partial charge in [-0.25, -0.2) is 0 Å². The van der Waals surface area contributed by atoms with Crippen LogP contribution in [-0.4, -0.2) is 48.3 Å². The van der Waals surface area contributed by atoms with Gasteiger partial charge in [0.05, 0.1) is 0 Å². The molecule has 1 aliphatic heterocycles. The number of halogens is 3. The molecule has 4 rings (SSSR count). The lowest BCUT2D eigenvalue weighted by molar-refractivity contribution is -0.142. The molecular weight excluding hydrogens is 361 g/mol. The van der Waals surface area contributed by atoms with E-state index >= 15 is 0 Å². The molecule has 1 saturated heterocycles. The molecule has 3 aromatic heterocycles. The van der Waals surface area contributed by atoms with Gasteiger partial charge in [0.2, 0.25) is 5.91 Å². The molecule has 0 bridgehead atoms. The second-order valence-electron chi connectivity index (χ2n) is 6.56. The van der Waals surface area contributed by atoms with Crippen LogP contribution in [0.25, 0.3) is 5.65 Å². The number of carbonyl (C=O) groups excluding carboxylic acids is 1. The fourth-order valence-electron chi connectivity index (χ4n) is 3.39. The number of hydrogen-bond donors (Lipinski definition) is 0. The number of aromatic nitrogens is 5. The summed E-state index contributed by atoms with van der Waals surface area (Å²) in [5.74, 6) is 0.565. The first-order chi connectivity index (χ1) is 12.9. The summed E-state index contributed by atoms with van der Waals surface area (Å²) in [6.45, 7) is 0.810. The Balaban J connectivity index is 1.46. The molecule has 1 unspecified atom stereocenters. The van der Waals surface area contributed by atoms with Crippen LogP contribution in [0.2, 0.25) is 0 Å². The molecule has 0 N–H and O–H groups in total. The van der Waals surface area contributed by atoms with Gasteiger partial charge in [0.1, 0.15) is 12.4 Å². The van der Waals surface area contributed by atoms with Gasteiger partial charge < -0.3 is 4.90 Å². The van der Waals surface area contributed by atoms with Crippen molar-refractivity contribution >= 4 is 11.6 Å². The van der Waals surface area contributed by atoms with Crippen molar-refractivity contribution < 1.29 is 18.0 Å². The Labute approximate surface area is 152 Å². The Morgan fingerprint density at radius 1 is 1.19 bits per heavy atom. The first-order valence-electron chi connectivity index (χ1n) is 8.60. The van der Waals surface area contributed by atoms with E-state index in [0.29, 0.717) is 13.1 Å². The number of rotatable bonds is 3. The normalized spacial score (nSPS) is 18.2. The van der Waals surface area contributed by atoms with Crippen molar-refractivity contribution in [1.29, 1.82) is 0 Å². The van der Waals surface area contributed by atoms with Crippen LogP contribution in [0.15, 0.2) is 36.7 Å². The first kappa shape index (κ1) is 17.5. The minimum atomic E-state index is -4.51. The maximum absolute atomic E-state index is 12.6. The zero-order chi connectivity index (χ0) is 19.0. The molecule has 1 atom stereocenters. The van der Waals surface area contributed by atoms with Crippen molar-refractivity contribution in [2.75, 3.05) is 13.1 Å². The van der Waals surface area contributed by atoms with Crippen LogP contribution >= 0.6 is 0 Å². The smallest absolute Gasteiger partial charge is 0.340 e. The third-order valence-electron chi connectivity index (χ3n) is 4.71. The van der Waals surface area contributed by atoms with Gasteiger partial charge in [0, 0.05) is 31.4 Å². The highest BCUT2D eigenvalue weighted by molar-refractivity contribution is 5.76. The van der Waals surface area contributed by atoms with Gasteiger partial charge in [-0.15, -0.1) is 10.2 Å². The van der Waals surface area contributed by atoms with Crippen LogP contribution in [0.1, 0.15) is 30.3 Å². The lowest BCUT2D eigenvalue weighted by Gasteiger charge is -2.32. The van der Waals surface area contributed by atoms with Crippen LogP contribution in [0.3, 0.4) is 0 Å². The summed E-state index contributed by atoms with van der Waals surface area (Å²) in [7, 11) is 0. The van der Waals surface area contributed by atoms with Gasteiger partial charge >= 0.3 is 6.18 Å². The summed E-state index contributed by atoms with van der Waals surface area (Å²) < 4.78 is 40.9. The Kier molecular flexibility index (Phi) is 4.33. The minimum Gasteiger partial charge on any atom is -0.340 e. The Morgan fingerprint density at radius 2 is 2.04 bits per heavy atom. The highest BCUT2D eigenvalue weighted by Gasteiger charge is 2.34. The van der Waals surface area contributed by atoms with Gasteiger partial charge in [-0.2, -0.15) is 18.3 Å². The maximum atomic E-state index is 12.6. The second kappa shape index (κ2) is 6.67. The average molecular weight is 378 g/mol. The largest absolute Gasteiger partial charge is 0.435 e. The molecule has 0 radical (unpaired) electrons. The minimum absolute atomic E-state index is 0.0310. The molecule has 0 aromatic carbocycles. The van der Waals surface area contributed by atoms with Gasteiger partial charge in [-0.05, 0) is 31.0 Å². The number of pyridine rings is 1. The summed E-state index contributed by atoms with van der Waals surface area (Å²) in [6, 6.07) is 6.50. The lowest BCUT2D eigenvalue weighted by atomic mass is 9.97. The molecule has 0 spiro atoms. The van der Waals surface area contributed by atoms with Crippen molar-refractivity contribution in [3.05, 3.63) is 48.2 Å². The zero-order valence-corrected chi connectivity index (χ0v) is 14.3. The van der Waals surface area contributed by atoms with E-state index in [-0.39, 0.29) is 18.4 Å². The molecule has 7 nitrogen and oxygen atoms in total. The number of carbonyl (C=O) groups is 1. The van der Waals surface area contributed by atoms with E-state index in [2.05, 4.69) is 15.3 Å². The lowest BCUT2D eigenvalue weighted by Crippen LogP contribution is -2.41. The van der Waals surface area contributed by atoms with Crippen molar-refractivity contribution in [2.45, 2.75) is 31.5 Å². The number of nitrogens with zero attached hydrogens (tertiary/aromatic N) is 6. The van der Waals surface area contributed by atoms with Gasteiger partial charge in [0.25, 0.3) is 0 Å². The van der Waals surface area contributed by atoms with Crippen molar-refractivity contribution in [3.63, 3.8) is 0 Å². The van der Waals surface area contributed by atoms with Crippen LogP contribution in [-0.2, 0) is 17.5 Å². The van der Waals surface area contributed by atoms with Crippen LogP contribution in [0.4, 0.5) is 13.2 Å². The number of hydrogen-bond acceptors (Lipinski definition) is 4. The molecular formula is C17H17F3N6O. The van der Waals surface area contributed by atoms with Crippen molar-refractivity contribution in [1.82, 2.24) is 29.3 Å². The van der Waals surface area contributed by atoms with E-state index in [1.54, 1.807) is 4.90 Å². The van der Waals surface area contributed by atoms with E-state index in [4.69, 9.17) is 0 Å². The molecule has 1 amide bonds. The number of fused-ring (bicyclic) bond motifs is 1. The number of alkyl halides is 3. The van der Waals surface area contributed by atoms with E-state index in [0.717, 1.165) is 35.1 Å². The topological polar surface area (TPSA) is 68.3 Å². The van der Waals surface area contributed by atoms with Crippen LogP contribution in [0, 0.1) is 0 Å². The number of amides is 1. The third kappa shape index (κ3) is 3.51. The fraction of sp³-hybridized carbons (Fsp3) is 0.412. The Hall–Kier alpha value is -2.91. The predicted molar refractivity (Wildman–Crippen MR) is 88.8 cm³/mol. The van der Waals surface area contributed by atoms with E-state index in [1.807, 2.05) is 28.8 Å². The SMILES string of the molecule is O=C(Cn1ccc(C(F)(F)F)n1)N1CCCC(c2nnc3ccccn23)C1. The number of likely N-dealkylation sites (tertiary alicyclic amines) is 1. The monoisotopic (exact) mass is 378 g/mol. The van der Waals surface area contributed by atoms with E-state index in [9.17, 15) is 18.0 Å². The molecule has 3 aromatic rings. The molecule has 1 aliphatic rings. The van der Waals surface area contributed by atoms with E-state index < -0.39 is 11.9 Å². The summed E-state index contributed by atoms with van der Waals surface area (Å²) in [4.78, 5) is 14.2. The molecule has 10 heteroatoms. The van der Waals surface area contributed by atoms with Crippen molar-refractivity contribution in [3.8, 4) is 0 Å². The Morgan fingerprint density at radius 3 is 2.81 bits per heavy atom. The van der Waals surface area contributed by atoms with Gasteiger partial charge in [0.15, 0.2) is 11.3 Å². The van der Waals surface area contributed by atoms with Gasteiger partial charge in [-0.3, -0.25) is 13.9 Å². The van der Waals surface area contributed by atoms with Crippen LogP contribution in [0.5, 0.6) is 0 Å². The second-order valence-corrected chi connectivity index (χ2v) is 6.56. The molecule has 1 fully saturated rings. The maximum Gasteiger partial charge on any atom is 0.435 e. The first-order valence-corrected chi connectivity index (χ1v) is 8.60. The molecule has 27 heavy (non-hydrogen) atoms. The summed E-state index contributed by atoms with van der Waals surface area (Å²) in [5.41, 5.74) is -0.256. The summed E-state index contributed by atoms with van der Waals surface area (Å²) >= 11 is 0. The van der Waals surface area contributed by atoms with Crippen molar-refractivity contribution in [2.24, 2.45) is 0 Å². The Bertz CT molecular complexity index is 963. The highest BCUT2D eigenvalue weighted by atomic mass is 19.4. The molecule has 0 saturated carbocycles. The van der Waals surface area contributed by atoms with Gasteiger partial charge in [-0.1, -0.05) is 6.07 Å². The van der Waals surface area contributed by atoms with E-state index in [1.165, 1.54) is 6.20 Å². The highest BCUT2D eigenvalue weighted by Crippen LogP contribution is 2.28. The summed E-state index contributed by atoms with van der Waals surface area (Å²) in [5, 5.41) is 11.8. The third-order valence-corrected chi connectivity index (χ3v) is 4.71. The standard InChI is InChI=1S/C17H17F3N6O/c18-17(19,20)13-6-9-25(23-13)11-15(27)24-7-3-4-12(10-24)16-22-21-14-5-1-2-8-26(14)16/h1-2,5-6,8-9,12H,3-4,7,10-11H2. The molecule has 142 valence electrons. The molecule has 0 aliphatic carbocycles. The zero-order valence-electron chi connectivity index (χ0n) is 14.3. The average Bonchev–Trinajstić information content (AvgIpc) is 3.28. The number of piperidine rings is 1. The summed E-state index contributed by atoms with van der Waals surface area (Å²) in [6.07, 6.45) is 0.214. The quantitative estimate of drug-likeness (QED) is 0.702.